The van der Waals surface area contributed by atoms with E-state index in [4.69, 9.17) is 51.5 Å². The van der Waals surface area contributed by atoms with E-state index in [-0.39, 0.29) is 37.8 Å². The standard InChI is InChI=1S/C14H8Cl4F2N2O3/c1-22-12(25-14(19)20)10(18)11(21-22)6-2-5(3-9(17)13(23)24)7(15)4-8(6)16/h2-4,14H,1H3,(H,23,24). The molecule has 0 spiro atoms. The third kappa shape index (κ3) is 4.36. The maximum atomic E-state index is 12.5. The fourth-order valence-corrected chi connectivity index (χ4v) is 2.87. The Balaban J connectivity index is 2.61. The number of aliphatic carboxylic acids is 1. The van der Waals surface area contributed by atoms with Gasteiger partial charge in [0.15, 0.2) is 0 Å². The molecule has 0 bridgehead atoms. The van der Waals surface area contributed by atoms with Crippen molar-refractivity contribution in [2.24, 2.45) is 7.05 Å². The van der Waals surface area contributed by atoms with E-state index in [9.17, 15) is 13.6 Å². The first-order valence-electron chi connectivity index (χ1n) is 6.39. The highest BCUT2D eigenvalue weighted by molar-refractivity contribution is 6.44. The summed E-state index contributed by atoms with van der Waals surface area (Å²) in [6.07, 6.45) is 1.11. The lowest BCUT2D eigenvalue weighted by Crippen LogP contribution is -2.06. The van der Waals surface area contributed by atoms with Crippen molar-refractivity contribution in [1.82, 2.24) is 9.78 Å². The topological polar surface area (TPSA) is 64.4 Å². The average molecular weight is 432 g/mol. The Hall–Kier alpha value is -1.54. The number of benzene rings is 1. The van der Waals surface area contributed by atoms with E-state index < -0.39 is 17.6 Å². The molecule has 0 amide bonds. The molecule has 0 atom stereocenters. The van der Waals surface area contributed by atoms with Gasteiger partial charge in [0.25, 0.3) is 0 Å². The van der Waals surface area contributed by atoms with Gasteiger partial charge in [-0.25, -0.2) is 9.48 Å². The molecule has 0 aliphatic carbocycles. The van der Waals surface area contributed by atoms with Crippen LogP contribution in [0, 0.1) is 0 Å². The van der Waals surface area contributed by atoms with Crippen LogP contribution in [0.5, 0.6) is 5.88 Å². The lowest BCUT2D eigenvalue weighted by atomic mass is 10.1. The summed E-state index contributed by atoms with van der Waals surface area (Å²) in [4.78, 5) is 10.8. The minimum Gasteiger partial charge on any atom is -0.477 e. The monoisotopic (exact) mass is 430 g/mol. The summed E-state index contributed by atoms with van der Waals surface area (Å²) >= 11 is 23.8. The molecular weight excluding hydrogens is 424 g/mol. The van der Waals surface area contributed by atoms with Crippen LogP contribution in [0.1, 0.15) is 5.56 Å². The highest BCUT2D eigenvalue weighted by atomic mass is 35.5. The second kappa shape index (κ2) is 7.78. The largest absolute Gasteiger partial charge is 0.477 e. The van der Waals surface area contributed by atoms with Crippen LogP contribution in [0.25, 0.3) is 17.3 Å². The normalized spacial score (nSPS) is 11.9. The number of carboxylic acid groups (broad SMARTS) is 1. The van der Waals surface area contributed by atoms with Gasteiger partial charge < -0.3 is 9.84 Å². The Morgan fingerprint density at radius 3 is 2.52 bits per heavy atom. The number of carboxylic acids is 1. The molecule has 0 aliphatic heterocycles. The van der Waals surface area contributed by atoms with Crippen molar-refractivity contribution in [3.05, 3.63) is 37.8 Å². The zero-order valence-corrected chi connectivity index (χ0v) is 15.3. The molecule has 0 aliphatic rings. The molecule has 2 aromatic rings. The van der Waals surface area contributed by atoms with Crippen LogP contribution in [0.4, 0.5) is 8.78 Å². The maximum absolute atomic E-state index is 12.5. The minimum atomic E-state index is -3.09. The Bertz CT molecular complexity index is 868. The first-order chi connectivity index (χ1) is 11.6. The summed E-state index contributed by atoms with van der Waals surface area (Å²) in [5.41, 5.74) is 0.519. The average Bonchev–Trinajstić information content (AvgIpc) is 2.77. The number of rotatable bonds is 5. The van der Waals surface area contributed by atoms with Gasteiger partial charge in [0, 0.05) is 17.6 Å². The fraction of sp³-hybridized carbons (Fsp3) is 0.143. The molecule has 0 radical (unpaired) electrons. The second-order valence-electron chi connectivity index (χ2n) is 4.62. The summed E-state index contributed by atoms with van der Waals surface area (Å²) in [6.45, 7) is -3.09. The Kier molecular flexibility index (Phi) is 6.16. The molecule has 2 rings (SSSR count). The van der Waals surface area contributed by atoms with Gasteiger partial charge >= 0.3 is 12.6 Å². The molecule has 1 N–H and O–H groups in total. The Morgan fingerprint density at radius 2 is 1.96 bits per heavy atom. The van der Waals surface area contributed by atoms with Gasteiger partial charge in [-0.1, -0.05) is 46.4 Å². The van der Waals surface area contributed by atoms with Gasteiger partial charge in [0.1, 0.15) is 15.7 Å². The molecule has 0 unspecified atom stereocenters. The van der Waals surface area contributed by atoms with Gasteiger partial charge in [0.05, 0.1) is 5.02 Å². The number of ether oxygens (including phenoxy) is 1. The summed E-state index contributed by atoms with van der Waals surface area (Å²) in [5, 5.41) is 12.4. The van der Waals surface area contributed by atoms with Crippen LogP contribution in [-0.2, 0) is 11.8 Å². The zero-order chi connectivity index (χ0) is 18.9. The van der Waals surface area contributed by atoms with Gasteiger partial charge in [0.2, 0.25) is 5.88 Å². The molecule has 0 fully saturated rings. The van der Waals surface area contributed by atoms with Crippen molar-refractivity contribution in [1.29, 1.82) is 0 Å². The summed E-state index contributed by atoms with van der Waals surface area (Å²) in [5.74, 6) is -1.70. The molecular formula is C14H8Cl4F2N2O3. The van der Waals surface area contributed by atoms with Crippen molar-refractivity contribution in [3.8, 4) is 17.1 Å². The van der Waals surface area contributed by atoms with Crippen molar-refractivity contribution in [2.45, 2.75) is 6.61 Å². The van der Waals surface area contributed by atoms with Crippen LogP contribution in [-0.4, -0.2) is 27.5 Å². The van der Waals surface area contributed by atoms with E-state index in [0.29, 0.717) is 0 Å². The van der Waals surface area contributed by atoms with E-state index in [1.54, 1.807) is 0 Å². The van der Waals surface area contributed by atoms with E-state index in [1.165, 1.54) is 19.2 Å². The predicted octanol–water partition coefficient (Wildman–Crippen LogP) is 5.31. The van der Waals surface area contributed by atoms with Crippen LogP contribution >= 0.6 is 46.4 Å². The van der Waals surface area contributed by atoms with Gasteiger partial charge in [-0.3, -0.25) is 0 Å². The molecule has 1 aromatic heterocycles. The van der Waals surface area contributed by atoms with Crippen LogP contribution < -0.4 is 4.74 Å². The number of hydrogen-bond acceptors (Lipinski definition) is 3. The lowest BCUT2D eigenvalue weighted by Gasteiger charge is -2.07. The third-order valence-corrected chi connectivity index (χ3v) is 4.22. The summed E-state index contributed by atoms with van der Waals surface area (Å²) in [6, 6.07) is 2.71. The van der Waals surface area contributed by atoms with E-state index in [0.717, 1.165) is 10.8 Å². The number of halogens is 6. The minimum absolute atomic E-state index is 0.0579. The van der Waals surface area contributed by atoms with Crippen molar-refractivity contribution in [2.75, 3.05) is 0 Å². The summed E-state index contributed by atoms with van der Waals surface area (Å²) < 4.78 is 30.3. The summed E-state index contributed by atoms with van der Waals surface area (Å²) in [7, 11) is 1.36. The van der Waals surface area contributed by atoms with Gasteiger partial charge in [-0.15, -0.1) is 0 Å². The molecule has 1 aromatic carbocycles. The van der Waals surface area contributed by atoms with E-state index >= 15 is 0 Å². The van der Waals surface area contributed by atoms with Crippen molar-refractivity contribution >= 4 is 58.4 Å². The zero-order valence-electron chi connectivity index (χ0n) is 12.2. The number of aromatic nitrogens is 2. The van der Waals surface area contributed by atoms with Crippen LogP contribution in [0.15, 0.2) is 17.2 Å². The molecule has 1 heterocycles. The third-order valence-electron chi connectivity index (χ3n) is 2.97. The first-order valence-corrected chi connectivity index (χ1v) is 7.90. The van der Waals surface area contributed by atoms with Gasteiger partial charge in [-0.05, 0) is 23.8 Å². The number of alkyl halides is 2. The number of hydrogen-bond donors (Lipinski definition) is 1. The second-order valence-corrected chi connectivity index (χ2v) is 6.22. The predicted molar refractivity (Wildman–Crippen MR) is 91.8 cm³/mol. The molecule has 0 saturated heterocycles. The molecule has 0 saturated carbocycles. The maximum Gasteiger partial charge on any atom is 0.388 e. The highest BCUT2D eigenvalue weighted by Gasteiger charge is 2.22. The Labute approximate surface area is 160 Å². The Morgan fingerprint density at radius 1 is 1.32 bits per heavy atom. The molecule has 134 valence electrons. The highest BCUT2D eigenvalue weighted by Crippen LogP contribution is 2.40. The number of aryl methyl sites for hydroxylation is 1. The van der Waals surface area contributed by atoms with E-state index in [2.05, 4.69) is 9.84 Å². The quantitative estimate of drug-likeness (QED) is 0.651. The first kappa shape index (κ1) is 19.8. The van der Waals surface area contributed by atoms with E-state index in [1.807, 2.05) is 0 Å². The van der Waals surface area contributed by atoms with Crippen molar-refractivity contribution < 1.29 is 23.4 Å². The SMILES string of the molecule is Cn1nc(-c2cc(C=C(Cl)C(=O)O)c(Cl)cc2Cl)c(Cl)c1OC(F)F. The molecule has 5 nitrogen and oxygen atoms in total. The smallest absolute Gasteiger partial charge is 0.388 e. The number of nitrogens with zero attached hydrogens (tertiary/aromatic N) is 2. The van der Waals surface area contributed by atoms with Crippen molar-refractivity contribution in [3.63, 3.8) is 0 Å². The van der Waals surface area contributed by atoms with Gasteiger partial charge in [-0.2, -0.15) is 13.9 Å². The van der Waals surface area contributed by atoms with Crippen LogP contribution in [0.3, 0.4) is 0 Å². The lowest BCUT2D eigenvalue weighted by molar-refractivity contribution is -0.131. The molecule has 11 heteroatoms. The number of carbonyl (C=O) groups is 1. The molecule has 25 heavy (non-hydrogen) atoms. The fourth-order valence-electron chi connectivity index (χ4n) is 1.92. The van der Waals surface area contributed by atoms with Crippen LogP contribution in [0.2, 0.25) is 15.1 Å².